The van der Waals surface area contributed by atoms with Gasteiger partial charge in [-0.05, 0) is 18.2 Å². The molecule has 0 aromatic heterocycles. The van der Waals surface area contributed by atoms with Gasteiger partial charge in [-0.1, -0.05) is 15.9 Å². The summed E-state index contributed by atoms with van der Waals surface area (Å²) in [7, 11) is 1.58. The van der Waals surface area contributed by atoms with Crippen molar-refractivity contribution >= 4 is 21.8 Å². The van der Waals surface area contributed by atoms with Crippen LogP contribution in [-0.2, 0) is 9.47 Å². The number of halogens is 2. The normalized spacial score (nSPS) is 22.5. The van der Waals surface area contributed by atoms with Crippen LogP contribution < -0.4 is 5.32 Å². The molecule has 104 valence electrons. The van der Waals surface area contributed by atoms with Crippen LogP contribution in [0.4, 0.5) is 4.39 Å². The van der Waals surface area contributed by atoms with Crippen LogP contribution in [0, 0.1) is 5.82 Å². The van der Waals surface area contributed by atoms with Crippen molar-refractivity contribution in [2.75, 3.05) is 26.9 Å². The van der Waals surface area contributed by atoms with Crippen LogP contribution in [0.3, 0.4) is 0 Å². The topological polar surface area (TPSA) is 47.6 Å². The first-order valence-electron chi connectivity index (χ1n) is 5.92. The molecule has 1 saturated heterocycles. The highest BCUT2D eigenvalue weighted by Gasteiger charge is 2.35. The molecule has 0 spiro atoms. The standard InChI is InChI=1S/C13H15BrFNO3/c1-18-13(4-5-19-8-13)7-16-12(17)10-6-9(14)2-3-11(10)15/h2-3,6H,4-5,7-8H2,1H3,(H,16,17). The number of rotatable bonds is 4. The molecular formula is C13H15BrFNO3. The zero-order chi connectivity index (χ0) is 13.9. The summed E-state index contributed by atoms with van der Waals surface area (Å²) in [5, 5.41) is 2.70. The summed E-state index contributed by atoms with van der Waals surface area (Å²) in [6.07, 6.45) is 0.713. The van der Waals surface area contributed by atoms with Crippen LogP contribution in [0.1, 0.15) is 16.8 Å². The lowest BCUT2D eigenvalue weighted by atomic mass is 10.0. The van der Waals surface area contributed by atoms with Crippen molar-refractivity contribution in [2.45, 2.75) is 12.0 Å². The van der Waals surface area contributed by atoms with Crippen molar-refractivity contribution in [3.63, 3.8) is 0 Å². The number of nitrogens with one attached hydrogen (secondary N) is 1. The van der Waals surface area contributed by atoms with Crippen LogP contribution in [0.25, 0.3) is 0 Å². The van der Waals surface area contributed by atoms with Crippen molar-refractivity contribution in [1.82, 2.24) is 5.32 Å². The fraction of sp³-hybridized carbons (Fsp3) is 0.462. The maximum absolute atomic E-state index is 13.6. The molecule has 0 bridgehead atoms. The van der Waals surface area contributed by atoms with Gasteiger partial charge in [-0.15, -0.1) is 0 Å². The molecule has 2 rings (SSSR count). The van der Waals surface area contributed by atoms with Gasteiger partial charge in [0.05, 0.1) is 12.2 Å². The molecule has 0 saturated carbocycles. The van der Waals surface area contributed by atoms with Gasteiger partial charge in [-0.3, -0.25) is 4.79 Å². The summed E-state index contributed by atoms with van der Waals surface area (Å²) in [6.45, 7) is 1.34. The third-order valence-electron chi connectivity index (χ3n) is 3.24. The Morgan fingerprint density at radius 2 is 2.42 bits per heavy atom. The Morgan fingerprint density at radius 3 is 3.05 bits per heavy atom. The number of carbonyl (C=O) groups is 1. The average Bonchev–Trinajstić information content (AvgIpc) is 2.88. The molecule has 1 fully saturated rings. The van der Waals surface area contributed by atoms with Gasteiger partial charge in [-0.2, -0.15) is 0 Å². The largest absolute Gasteiger partial charge is 0.378 e. The van der Waals surface area contributed by atoms with Gasteiger partial charge in [-0.25, -0.2) is 4.39 Å². The van der Waals surface area contributed by atoms with Gasteiger partial charge in [0.2, 0.25) is 0 Å². The fourth-order valence-electron chi connectivity index (χ4n) is 1.97. The fourth-order valence-corrected chi connectivity index (χ4v) is 2.33. The van der Waals surface area contributed by atoms with Crippen LogP contribution in [0.2, 0.25) is 0 Å². The summed E-state index contributed by atoms with van der Waals surface area (Å²) in [4.78, 5) is 12.0. The van der Waals surface area contributed by atoms with E-state index in [0.29, 0.717) is 30.7 Å². The lowest BCUT2D eigenvalue weighted by Gasteiger charge is -2.25. The Balaban J connectivity index is 2.03. The minimum atomic E-state index is -0.546. The Kier molecular flexibility index (Phi) is 4.54. The first-order valence-corrected chi connectivity index (χ1v) is 6.72. The molecule has 1 aromatic carbocycles. The minimum Gasteiger partial charge on any atom is -0.378 e. The van der Waals surface area contributed by atoms with Gasteiger partial charge in [0.1, 0.15) is 11.4 Å². The smallest absolute Gasteiger partial charge is 0.254 e. The molecule has 1 aliphatic heterocycles. The number of methoxy groups -OCH3 is 1. The number of hydrogen-bond acceptors (Lipinski definition) is 3. The molecule has 1 unspecified atom stereocenters. The summed E-state index contributed by atoms with van der Waals surface area (Å²) in [5.41, 5.74) is -0.488. The van der Waals surface area contributed by atoms with Gasteiger partial charge in [0, 0.05) is 31.2 Å². The van der Waals surface area contributed by atoms with Crippen LogP contribution >= 0.6 is 15.9 Å². The number of ether oxygens (including phenoxy) is 2. The number of carbonyl (C=O) groups excluding carboxylic acids is 1. The van der Waals surface area contributed by atoms with E-state index in [-0.39, 0.29) is 5.56 Å². The number of hydrogen-bond donors (Lipinski definition) is 1. The van der Waals surface area contributed by atoms with Crippen molar-refractivity contribution in [2.24, 2.45) is 0 Å². The molecule has 1 aliphatic rings. The first kappa shape index (κ1) is 14.4. The SMILES string of the molecule is COC1(CNC(=O)c2cc(Br)ccc2F)CCOC1. The van der Waals surface area contributed by atoms with E-state index in [1.165, 1.54) is 12.1 Å². The van der Waals surface area contributed by atoms with Gasteiger partial charge < -0.3 is 14.8 Å². The monoisotopic (exact) mass is 331 g/mol. The predicted molar refractivity (Wildman–Crippen MR) is 71.6 cm³/mol. The maximum Gasteiger partial charge on any atom is 0.254 e. The van der Waals surface area contributed by atoms with Crippen molar-refractivity contribution in [3.05, 3.63) is 34.1 Å². The second-order valence-corrected chi connectivity index (χ2v) is 5.41. The highest BCUT2D eigenvalue weighted by molar-refractivity contribution is 9.10. The van der Waals surface area contributed by atoms with E-state index in [9.17, 15) is 9.18 Å². The van der Waals surface area contributed by atoms with Crippen molar-refractivity contribution in [3.8, 4) is 0 Å². The van der Waals surface area contributed by atoms with E-state index in [1.54, 1.807) is 13.2 Å². The quantitative estimate of drug-likeness (QED) is 0.919. The van der Waals surface area contributed by atoms with E-state index >= 15 is 0 Å². The van der Waals surface area contributed by atoms with Crippen molar-refractivity contribution in [1.29, 1.82) is 0 Å². The molecule has 0 aliphatic carbocycles. The lowest BCUT2D eigenvalue weighted by molar-refractivity contribution is -0.0149. The van der Waals surface area contributed by atoms with Crippen molar-refractivity contribution < 1.29 is 18.7 Å². The molecule has 4 nitrogen and oxygen atoms in total. The third kappa shape index (κ3) is 3.32. The summed E-state index contributed by atoms with van der Waals surface area (Å²) in [5.74, 6) is -1.00. The molecule has 19 heavy (non-hydrogen) atoms. The molecule has 1 heterocycles. The van der Waals surface area contributed by atoms with Gasteiger partial charge >= 0.3 is 0 Å². The molecule has 6 heteroatoms. The Morgan fingerprint density at radius 1 is 1.63 bits per heavy atom. The van der Waals surface area contributed by atoms with Crippen LogP contribution in [0.15, 0.2) is 22.7 Å². The first-order chi connectivity index (χ1) is 9.06. The Labute approximate surface area is 119 Å². The summed E-state index contributed by atoms with van der Waals surface area (Å²) in [6, 6.07) is 4.26. The zero-order valence-corrected chi connectivity index (χ0v) is 12.1. The molecule has 1 atom stereocenters. The van der Waals surface area contributed by atoms with E-state index in [2.05, 4.69) is 21.2 Å². The maximum atomic E-state index is 13.6. The third-order valence-corrected chi connectivity index (χ3v) is 3.74. The zero-order valence-electron chi connectivity index (χ0n) is 10.5. The second kappa shape index (κ2) is 5.98. The van der Waals surface area contributed by atoms with Gasteiger partial charge in [0.25, 0.3) is 5.91 Å². The highest BCUT2D eigenvalue weighted by Crippen LogP contribution is 2.22. The van der Waals surface area contributed by atoms with E-state index < -0.39 is 17.3 Å². The summed E-state index contributed by atoms with van der Waals surface area (Å²) < 4.78 is 24.9. The Hall–Kier alpha value is -0.980. The average molecular weight is 332 g/mol. The van der Waals surface area contributed by atoms with E-state index in [4.69, 9.17) is 9.47 Å². The molecular weight excluding hydrogens is 317 g/mol. The van der Waals surface area contributed by atoms with E-state index in [0.717, 1.165) is 0 Å². The minimum absolute atomic E-state index is 0.0135. The van der Waals surface area contributed by atoms with E-state index in [1.807, 2.05) is 0 Å². The van der Waals surface area contributed by atoms with Crippen LogP contribution in [0.5, 0.6) is 0 Å². The molecule has 1 N–H and O–H groups in total. The lowest BCUT2D eigenvalue weighted by Crippen LogP contribution is -2.45. The number of benzene rings is 1. The highest BCUT2D eigenvalue weighted by atomic mass is 79.9. The molecule has 1 aromatic rings. The molecule has 0 radical (unpaired) electrons. The second-order valence-electron chi connectivity index (χ2n) is 4.50. The molecule has 1 amide bonds. The summed E-state index contributed by atoms with van der Waals surface area (Å²) >= 11 is 3.21. The van der Waals surface area contributed by atoms with Gasteiger partial charge in [0.15, 0.2) is 0 Å². The number of amides is 1. The Bertz CT molecular complexity index is 475. The predicted octanol–water partition coefficient (Wildman–Crippen LogP) is 2.12. The van der Waals surface area contributed by atoms with Crippen LogP contribution in [-0.4, -0.2) is 38.4 Å².